The number of nitrogens with zero attached hydrogens (tertiary/aromatic N) is 2. The molecule has 0 aliphatic heterocycles. The van der Waals surface area contributed by atoms with Crippen molar-refractivity contribution in [2.75, 3.05) is 10.8 Å². The average molecular weight is 658 g/mol. The average Bonchev–Trinajstić information content (AvgIpc) is 3.07. The minimum Gasteiger partial charge on any atom is -0.352 e. The van der Waals surface area contributed by atoms with Crippen molar-refractivity contribution in [1.82, 2.24) is 10.2 Å². The highest BCUT2D eigenvalue weighted by Gasteiger charge is 2.35. The first-order valence-corrected chi connectivity index (χ1v) is 17.6. The van der Waals surface area contributed by atoms with Gasteiger partial charge < -0.3 is 10.2 Å². The third-order valence-electron chi connectivity index (χ3n) is 8.46. The zero-order valence-corrected chi connectivity index (χ0v) is 27.6. The molecule has 0 heterocycles. The summed E-state index contributed by atoms with van der Waals surface area (Å²) in [5.41, 5.74) is 2.72. The molecule has 0 aromatic heterocycles. The Labute approximate surface area is 277 Å². The molecule has 1 aliphatic rings. The number of para-hydroxylation sites is 1. The molecular formula is C37H40ClN3O4S. The number of hydrogen-bond donors (Lipinski definition) is 1. The molecule has 1 aliphatic carbocycles. The van der Waals surface area contributed by atoms with Crippen molar-refractivity contribution >= 4 is 39.1 Å². The van der Waals surface area contributed by atoms with E-state index >= 15 is 0 Å². The number of hydrogen-bond acceptors (Lipinski definition) is 4. The van der Waals surface area contributed by atoms with Crippen LogP contribution in [0.15, 0.2) is 114 Å². The van der Waals surface area contributed by atoms with Gasteiger partial charge in [0, 0.05) is 24.0 Å². The van der Waals surface area contributed by atoms with Crippen LogP contribution in [0.25, 0.3) is 0 Å². The highest BCUT2D eigenvalue weighted by atomic mass is 35.5. The molecule has 4 aromatic rings. The fourth-order valence-electron chi connectivity index (χ4n) is 6.01. The Bertz CT molecular complexity index is 1730. The SMILES string of the molecule is Cc1ccccc1N(CC(=O)N(Cc1cccc(Cl)c1)[C@H](Cc1ccccc1)C(=O)NC1CCCCC1)S(=O)(=O)c1ccccc1. The van der Waals surface area contributed by atoms with Gasteiger partial charge in [0.2, 0.25) is 11.8 Å². The van der Waals surface area contributed by atoms with Crippen LogP contribution in [-0.4, -0.2) is 43.8 Å². The standard InChI is InChI=1S/C37H40ClN3O4S/c1-28-14-11-12-23-34(28)41(46(44,45)33-21-9-4-10-22-33)27-36(42)40(26-30-17-13-18-31(38)24-30)35(25-29-15-5-2-6-16-29)37(43)39-32-19-7-3-8-20-32/h2,4-6,9-18,21-24,32,35H,3,7-8,19-20,25-27H2,1H3,(H,39,43)/t35-/m1/s1. The predicted octanol–water partition coefficient (Wildman–Crippen LogP) is 6.93. The van der Waals surface area contributed by atoms with Gasteiger partial charge >= 0.3 is 0 Å². The molecule has 2 amide bonds. The van der Waals surface area contributed by atoms with Crippen molar-refractivity contribution in [3.63, 3.8) is 0 Å². The van der Waals surface area contributed by atoms with E-state index < -0.39 is 28.5 Å². The minimum absolute atomic E-state index is 0.0320. The number of halogens is 1. The van der Waals surface area contributed by atoms with Gasteiger partial charge in [-0.05, 0) is 66.8 Å². The first-order chi connectivity index (χ1) is 22.2. The molecule has 46 heavy (non-hydrogen) atoms. The van der Waals surface area contributed by atoms with Gasteiger partial charge in [-0.2, -0.15) is 0 Å². The molecule has 4 aromatic carbocycles. The van der Waals surface area contributed by atoms with Crippen LogP contribution in [-0.2, 0) is 32.6 Å². The molecule has 9 heteroatoms. The van der Waals surface area contributed by atoms with Gasteiger partial charge in [-0.15, -0.1) is 0 Å². The number of sulfonamides is 1. The first-order valence-electron chi connectivity index (χ1n) is 15.7. The minimum atomic E-state index is -4.15. The van der Waals surface area contributed by atoms with Gasteiger partial charge in [0.1, 0.15) is 12.6 Å². The van der Waals surface area contributed by atoms with Crippen LogP contribution in [0.2, 0.25) is 5.02 Å². The molecule has 0 spiro atoms. The molecule has 0 radical (unpaired) electrons. The largest absolute Gasteiger partial charge is 0.352 e. The van der Waals surface area contributed by atoms with Gasteiger partial charge in [-0.3, -0.25) is 13.9 Å². The molecule has 240 valence electrons. The van der Waals surface area contributed by atoms with Gasteiger partial charge in [-0.25, -0.2) is 8.42 Å². The third kappa shape index (κ3) is 8.36. The van der Waals surface area contributed by atoms with Crippen LogP contribution >= 0.6 is 11.6 Å². The van der Waals surface area contributed by atoms with E-state index in [0.29, 0.717) is 16.3 Å². The second kappa shape index (κ2) is 15.4. The van der Waals surface area contributed by atoms with E-state index in [9.17, 15) is 18.0 Å². The highest BCUT2D eigenvalue weighted by Crippen LogP contribution is 2.28. The number of nitrogens with one attached hydrogen (secondary N) is 1. The Morgan fingerprint density at radius 2 is 1.46 bits per heavy atom. The lowest BCUT2D eigenvalue weighted by atomic mass is 9.94. The van der Waals surface area contributed by atoms with Crippen LogP contribution in [0.4, 0.5) is 5.69 Å². The summed E-state index contributed by atoms with van der Waals surface area (Å²) in [7, 11) is -4.15. The zero-order chi connectivity index (χ0) is 32.5. The van der Waals surface area contributed by atoms with E-state index in [1.165, 1.54) is 17.0 Å². The van der Waals surface area contributed by atoms with Crippen LogP contribution in [0.5, 0.6) is 0 Å². The van der Waals surface area contributed by atoms with E-state index in [-0.39, 0.29) is 29.8 Å². The maximum absolute atomic E-state index is 14.6. The normalized spacial score (nSPS) is 14.3. The van der Waals surface area contributed by atoms with E-state index in [2.05, 4.69) is 5.32 Å². The van der Waals surface area contributed by atoms with Gasteiger partial charge in [0.25, 0.3) is 10.0 Å². The number of carbonyl (C=O) groups excluding carboxylic acids is 2. The lowest BCUT2D eigenvalue weighted by molar-refractivity contribution is -0.140. The lowest BCUT2D eigenvalue weighted by Gasteiger charge is -2.35. The Balaban J connectivity index is 1.56. The molecule has 0 unspecified atom stereocenters. The Morgan fingerprint density at radius 1 is 0.826 bits per heavy atom. The Kier molecular flexibility index (Phi) is 11.1. The lowest BCUT2D eigenvalue weighted by Crippen LogP contribution is -2.55. The Hall–Kier alpha value is -4.14. The number of aryl methyl sites for hydroxylation is 1. The van der Waals surface area contributed by atoms with Crippen LogP contribution in [0, 0.1) is 6.92 Å². The van der Waals surface area contributed by atoms with E-state index in [1.807, 2.05) is 55.5 Å². The zero-order valence-electron chi connectivity index (χ0n) is 26.0. The van der Waals surface area contributed by atoms with Gasteiger partial charge in [0.15, 0.2) is 0 Å². The Morgan fingerprint density at radius 3 is 2.13 bits per heavy atom. The molecule has 1 atom stereocenters. The van der Waals surface area contributed by atoms with E-state index in [1.54, 1.807) is 48.5 Å². The summed E-state index contributed by atoms with van der Waals surface area (Å²) in [5, 5.41) is 3.74. The highest BCUT2D eigenvalue weighted by molar-refractivity contribution is 7.92. The number of benzene rings is 4. The van der Waals surface area contributed by atoms with Crippen LogP contribution in [0.3, 0.4) is 0 Å². The molecule has 1 fully saturated rings. The molecule has 1 N–H and O–H groups in total. The number of rotatable bonds is 12. The molecule has 1 saturated carbocycles. The molecule has 0 bridgehead atoms. The summed E-state index contributed by atoms with van der Waals surface area (Å²) < 4.78 is 29.5. The second-order valence-electron chi connectivity index (χ2n) is 11.8. The maximum atomic E-state index is 14.6. The fourth-order valence-corrected chi connectivity index (χ4v) is 7.72. The van der Waals surface area contributed by atoms with Gasteiger partial charge in [0.05, 0.1) is 10.6 Å². The number of anilines is 1. The topological polar surface area (TPSA) is 86.8 Å². The van der Waals surface area contributed by atoms with Gasteiger partial charge in [-0.1, -0.05) is 110 Å². The van der Waals surface area contributed by atoms with E-state index in [4.69, 9.17) is 11.6 Å². The van der Waals surface area contributed by atoms with Crippen molar-refractivity contribution in [2.45, 2.75) is 69.0 Å². The maximum Gasteiger partial charge on any atom is 0.264 e. The second-order valence-corrected chi connectivity index (χ2v) is 14.1. The fraction of sp³-hybridized carbons (Fsp3) is 0.297. The smallest absolute Gasteiger partial charge is 0.264 e. The monoisotopic (exact) mass is 657 g/mol. The quantitative estimate of drug-likeness (QED) is 0.179. The van der Waals surface area contributed by atoms with Crippen molar-refractivity contribution < 1.29 is 18.0 Å². The van der Waals surface area contributed by atoms with Crippen molar-refractivity contribution in [2.24, 2.45) is 0 Å². The van der Waals surface area contributed by atoms with Crippen molar-refractivity contribution in [1.29, 1.82) is 0 Å². The third-order valence-corrected chi connectivity index (χ3v) is 10.5. The summed E-state index contributed by atoms with van der Waals surface area (Å²) in [4.78, 5) is 30.4. The number of carbonyl (C=O) groups is 2. The number of amides is 2. The van der Waals surface area contributed by atoms with Crippen molar-refractivity contribution in [3.8, 4) is 0 Å². The molecular weight excluding hydrogens is 618 g/mol. The molecule has 7 nitrogen and oxygen atoms in total. The summed E-state index contributed by atoms with van der Waals surface area (Å²) in [6.45, 7) is 1.39. The summed E-state index contributed by atoms with van der Waals surface area (Å²) >= 11 is 6.35. The first kappa shape index (κ1) is 33.2. The summed E-state index contributed by atoms with van der Waals surface area (Å²) in [5.74, 6) is -0.748. The molecule has 0 saturated heterocycles. The van der Waals surface area contributed by atoms with E-state index in [0.717, 1.165) is 47.5 Å². The summed E-state index contributed by atoms with van der Waals surface area (Å²) in [6.07, 6.45) is 5.28. The van der Waals surface area contributed by atoms with Crippen LogP contribution in [0.1, 0.15) is 48.8 Å². The van der Waals surface area contributed by atoms with Crippen LogP contribution < -0.4 is 9.62 Å². The van der Waals surface area contributed by atoms with Crippen molar-refractivity contribution in [3.05, 3.63) is 131 Å². The molecule has 5 rings (SSSR count). The summed E-state index contributed by atoms with van der Waals surface area (Å²) in [6, 6.07) is 31.1. The predicted molar refractivity (Wildman–Crippen MR) is 183 cm³/mol.